The average Bonchev–Trinajstić information content (AvgIpc) is 3.67. The van der Waals surface area contributed by atoms with Gasteiger partial charge in [0.2, 0.25) is 0 Å². The Labute approximate surface area is 168 Å². The topological polar surface area (TPSA) is 24.1 Å². The summed E-state index contributed by atoms with van der Waals surface area (Å²) in [4.78, 5) is 0. The largest absolute Gasteiger partial charge is 0.385 e. The Kier molecular flexibility index (Phi) is 4.78. The molecule has 2 aliphatic rings. The van der Waals surface area contributed by atoms with E-state index in [0.29, 0.717) is 0 Å². The normalized spacial score (nSPS) is 16.0. The van der Waals surface area contributed by atoms with Crippen LogP contribution in [0.3, 0.4) is 0 Å². The molecule has 0 amide bonds. The van der Waals surface area contributed by atoms with Crippen LogP contribution in [0.5, 0.6) is 0 Å². The Morgan fingerprint density at radius 2 is 0.750 bits per heavy atom. The van der Waals surface area contributed by atoms with Gasteiger partial charge in [-0.15, -0.1) is 0 Å². The molecular formula is C26H28N2. The highest BCUT2D eigenvalue weighted by Gasteiger charge is 2.21. The van der Waals surface area contributed by atoms with Crippen molar-refractivity contribution in [3.05, 3.63) is 72.8 Å². The van der Waals surface area contributed by atoms with Gasteiger partial charge >= 0.3 is 0 Å². The van der Waals surface area contributed by atoms with Crippen LogP contribution in [-0.2, 0) is 0 Å². The van der Waals surface area contributed by atoms with Crippen LogP contribution in [0.25, 0.3) is 22.3 Å². The third-order valence-corrected chi connectivity index (χ3v) is 5.90. The molecule has 0 radical (unpaired) electrons. The molecule has 0 aromatic heterocycles. The summed E-state index contributed by atoms with van der Waals surface area (Å²) >= 11 is 0. The zero-order chi connectivity index (χ0) is 18.8. The summed E-state index contributed by atoms with van der Waals surface area (Å²) in [5.74, 6) is 1.80. The van der Waals surface area contributed by atoms with Crippen LogP contribution < -0.4 is 10.6 Å². The summed E-state index contributed by atoms with van der Waals surface area (Å²) in [5.41, 5.74) is 7.51. The van der Waals surface area contributed by atoms with Gasteiger partial charge in [-0.25, -0.2) is 0 Å². The molecule has 28 heavy (non-hydrogen) atoms. The van der Waals surface area contributed by atoms with Crippen molar-refractivity contribution in [3.63, 3.8) is 0 Å². The highest BCUT2D eigenvalue weighted by atomic mass is 14.9. The van der Waals surface area contributed by atoms with Crippen molar-refractivity contribution in [2.75, 3.05) is 23.7 Å². The Hall–Kier alpha value is -2.74. The summed E-state index contributed by atoms with van der Waals surface area (Å²) in [6.45, 7) is 2.23. The van der Waals surface area contributed by atoms with Crippen LogP contribution >= 0.6 is 0 Å². The lowest BCUT2D eigenvalue weighted by Gasteiger charge is -2.09. The van der Waals surface area contributed by atoms with Crippen molar-refractivity contribution in [1.29, 1.82) is 0 Å². The Morgan fingerprint density at radius 3 is 1.04 bits per heavy atom. The highest BCUT2D eigenvalue weighted by Crippen LogP contribution is 2.31. The van der Waals surface area contributed by atoms with Gasteiger partial charge in [-0.2, -0.15) is 0 Å². The van der Waals surface area contributed by atoms with E-state index in [2.05, 4.69) is 83.4 Å². The van der Waals surface area contributed by atoms with E-state index in [1.807, 2.05) is 0 Å². The first-order valence-electron chi connectivity index (χ1n) is 10.6. The fourth-order valence-corrected chi connectivity index (χ4v) is 3.58. The summed E-state index contributed by atoms with van der Waals surface area (Å²) in [7, 11) is 0. The molecule has 2 heteroatoms. The first-order valence-corrected chi connectivity index (χ1v) is 10.6. The molecule has 2 fully saturated rings. The highest BCUT2D eigenvalue weighted by molar-refractivity contribution is 5.72. The lowest BCUT2D eigenvalue weighted by molar-refractivity contribution is 0.889. The molecule has 142 valence electrons. The van der Waals surface area contributed by atoms with E-state index in [0.717, 1.165) is 24.9 Å². The Bertz CT molecular complexity index is 824. The van der Waals surface area contributed by atoms with Gasteiger partial charge in [0.15, 0.2) is 0 Å². The second-order valence-corrected chi connectivity index (χ2v) is 8.38. The SMILES string of the molecule is c1cc(-c2ccc(-c3ccc(NCC4CC4)cc3)cc2)ccc1NCC1CC1. The first kappa shape index (κ1) is 17.4. The lowest BCUT2D eigenvalue weighted by atomic mass is 10.00. The Morgan fingerprint density at radius 1 is 0.464 bits per heavy atom. The molecule has 3 aromatic carbocycles. The smallest absolute Gasteiger partial charge is 0.0340 e. The second-order valence-electron chi connectivity index (χ2n) is 8.38. The summed E-state index contributed by atoms with van der Waals surface area (Å²) < 4.78 is 0. The standard InChI is InChI=1S/C26H28N2/c1-2-19(1)17-27-25-13-9-23(10-14-25)21-5-7-22(8-6-21)24-11-15-26(16-12-24)28-18-20-3-4-20/h5-16,19-20,27-28H,1-4,17-18H2. The van der Waals surface area contributed by atoms with Crippen LogP contribution in [0, 0.1) is 11.8 Å². The molecule has 2 saturated carbocycles. The minimum Gasteiger partial charge on any atom is -0.385 e. The van der Waals surface area contributed by atoms with Crippen molar-refractivity contribution >= 4 is 11.4 Å². The number of nitrogens with one attached hydrogen (secondary N) is 2. The maximum absolute atomic E-state index is 3.53. The molecular weight excluding hydrogens is 340 g/mol. The maximum atomic E-state index is 3.53. The van der Waals surface area contributed by atoms with Gasteiger partial charge < -0.3 is 10.6 Å². The minimum atomic E-state index is 0.898. The Balaban J connectivity index is 1.23. The van der Waals surface area contributed by atoms with E-state index >= 15 is 0 Å². The van der Waals surface area contributed by atoms with Crippen LogP contribution in [0.15, 0.2) is 72.8 Å². The molecule has 0 atom stereocenters. The molecule has 2 N–H and O–H groups in total. The van der Waals surface area contributed by atoms with Gasteiger partial charge in [0, 0.05) is 24.5 Å². The first-order chi connectivity index (χ1) is 13.8. The van der Waals surface area contributed by atoms with Crippen molar-refractivity contribution in [2.45, 2.75) is 25.7 Å². The quantitative estimate of drug-likeness (QED) is 0.464. The van der Waals surface area contributed by atoms with E-state index in [4.69, 9.17) is 0 Å². The van der Waals surface area contributed by atoms with Crippen molar-refractivity contribution in [2.24, 2.45) is 11.8 Å². The van der Waals surface area contributed by atoms with Gasteiger partial charge in [0.1, 0.15) is 0 Å². The van der Waals surface area contributed by atoms with Gasteiger partial charge in [-0.1, -0.05) is 48.5 Å². The van der Waals surface area contributed by atoms with Gasteiger partial charge in [0.05, 0.1) is 0 Å². The summed E-state index contributed by atoms with van der Waals surface area (Å²) in [6.07, 6.45) is 5.54. The van der Waals surface area contributed by atoms with E-state index in [9.17, 15) is 0 Å². The maximum Gasteiger partial charge on any atom is 0.0340 e. The zero-order valence-corrected chi connectivity index (χ0v) is 16.3. The predicted molar refractivity (Wildman–Crippen MR) is 120 cm³/mol. The zero-order valence-electron chi connectivity index (χ0n) is 16.3. The second kappa shape index (κ2) is 7.71. The number of benzene rings is 3. The molecule has 0 saturated heterocycles. The fourth-order valence-electron chi connectivity index (χ4n) is 3.58. The lowest BCUT2D eigenvalue weighted by Crippen LogP contribution is -2.02. The van der Waals surface area contributed by atoms with Crippen LogP contribution in [0.4, 0.5) is 11.4 Å². The molecule has 0 bridgehead atoms. The van der Waals surface area contributed by atoms with E-state index in [-0.39, 0.29) is 0 Å². The van der Waals surface area contributed by atoms with Gasteiger partial charge in [-0.3, -0.25) is 0 Å². The van der Waals surface area contributed by atoms with E-state index in [1.165, 1.54) is 59.3 Å². The molecule has 5 rings (SSSR count). The summed E-state index contributed by atoms with van der Waals surface area (Å²) in [6, 6.07) is 26.5. The van der Waals surface area contributed by atoms with Crippen molar-refractivity contribution < 1.29 is 0 Å². The van der Waals surface area contributed by atoms with Crippen molar-refractivity contribution in [3.8, 4) is 22.3 Å². The monoisotopic (exact) mass is 368 g/mol. The number of anilines is 2. The molecule has 2 nitrogen and oxygen atoms in total. The molecule has 0 unspecified atom stereocenters. The third-order valence-electron chi connectivity index (χ3n) is 5.90. The molecule has 2 aliphatic carbocycles. The van der Waals surface area contributed by atoms with E-state index < -0.39 is 0 Å². The van der Waals surface area contributed by atoms with Crippen LogP contribution in [-0.4, -0.2) is 13.1 Å². The fraction of sp³-hybridized carbons (Fsp3) is 0.308. The average molecular weight is 369 g/mol. The molecule has 0 spiro atoms. The third kappa shape index (κ3) is 4.39. The van der Waals surface area contributed by atoms with Gasteiger partial charge in [0.25, 0.3) is 0 Å². The number of hydrogen-bond acceptors (Lipinski definition) is 2. The van der Waals surface area contributed by atoms with Crippen molar-refractivity contribution in [1.82, 2.24) is 0 Å². The van der Waals surface area contributed by atoms with Gasteiger partial charge in [-0.05, 0) is 84.0 Å². The number of hydrogen-bond donors (Lipinski definition) is 2. The molecule has 3 aromatic rings. The molecule has 0 aliphatic heterocycles. The van der Waals surface area contributed by atoms with E-state index in [1.54, 1.807) is 0 Å². The van der Waals surface area contributed by atoms with Crippen LogP contribution in [0.2, 0.25) is 0 Å². The summed E-state index contributed by atoms with van der Waals surface area (Å²) in [5, 5.41) is 7.07. The number of rotatable bonds is 8. The minimum absolute atomic E-state index is 0.898. The predicted octanol–water partition coefficient (Wildman–Crippen LogP) is 6.66. The molecule has 0 heterocycles. The van der Waals surface area contributed by atoms with Crippen LogP contribution in [0.1, 0.15) is 25.7 Å².